The van der Waals surface area contributed by atoms with Crippen molar-refractivity contribution in [2.45, 2.75) is 45.9 Å². The van der Waals surface area contributed by atoms with Crippen LogP contribution in [-0.4, -0.2) is 59.7 Å². The van der Waals surface area contributed by atoms with Crippen LogP contribution in [0.1, 0.15) is 33.3 Å². The molecule has 1 aliphatic heterocycles. The van der Waals surface area contributed by atoms with Crippen LogP contribution in [0.2, 0.25) is 0 Å². The molecule has 216 valence electrons. The minimum Gasteiger partial charge on any atom is -0.481 e. The number of hydrogen-bond donors (Lipinski definition) is 0. The summed E-state index contributed by atoms with van der Waals surface area (Å²) in [7, 11) is 0. The molecule has 1 atom stereocenters. The van der Waals surface area contributed by atoms with Gasteiger partial charge in [-0.2, -0.15) is 0 Å². The summed E-state index contributed by atoms with van der Waals surface area (Å²) in [5.74, 6) is 0.117. The van der Waals surface area contributed by atoms with Gasteiger partial charge in [0.05, 0.1) is 11.5 Å². The van der Waals surface area contributed by atoms with Crippen LogP contribution in [0.5, 0.6) is 5.75 Å². The summed E-state index contributed by atoms with van der Waals surface area (Å²) in [6.45, 7) is 9.14. The lowest BCUT2D eigenvalue weighted by Crippen LogP contribution is -2.50. The van der Waals surface area contributed by atoms with Crippen molar-refractivity contribution in [3.05, 3.63) is 94.5 Å². The smallest absolute Gasteiger partial charge is 0.410 e. The van der Waals surface area contributed by atoms with E-state index in [2.05, 4.69) is 0 Å². The van der Waals surface area contributed by atoms with Gasteiger partial charge in [-0.25, -0.2) is 4.79 Å². The predicted molar refractivity (Wildman–Crippen MR) is 157 cm³/mol. The third-order valence-electron chi connectivity index (χ3n) is 6.60. The number of anilines is 2. The molecule has 4 rings (SSSR count). The Kier molecular flexibility index (Phi) is 9.11. The molecular formula is C31H36N4O6. The van der Waals surface area contributed by atoms with Crippen LogP contribution in [0.25, 0.3) is 0 Å². The van der Waals surface area contributed by atoms with E-state index < -0.39 is 22.5 Å². The minimum absolute atomic E-state index is 0.124. The van der Waals surface area contributed by atoms with E-state index in [0.717, 1.165) is 11.3 Å². The van der Waals surface area contributed by atoms with Gasteiger partial charge in [-0.05, 0) is 57.5 Å². The van der Waals surface area contributed by atoms with E-state index in [1.165, 1.54) is 11.0 Å². The molecule has 1 unspecified atom stereocenters. The molecule has 0 aliphatic carbocycles. The summed E-state index contributed by atoms with van der Waals surface area (Å²) in [5.41, 5.74) is 0.949. The van der Waals surface area contributed by atoms with E-state index in [-0.39, 0.29) is 24.0 Å². The number of ether oxygens (including phenoxy) is 2. The molecule has 3 aromatic carbocycles. The number of benzene rings is 3. The Balaban J connectivity index is 1.62. The number of rotatable bonds is 8. The van der Waals surface area contributed by atoms with Crippen LogP contribution in [0.15, 0.2) is 78.9 Å². The number of nitro groups is 1. The third kappa shape index (κ3) is 7.75. The minimum atomic E-state index is -0.901. The van der Waals surface area contributed by atoms with Crippen molar-refractivity contribution < 1.29 is 24.0 Å². The molecule has 1 fully saturated rings. The fourth-order valence-corrected chi connectivity index (χ4v) is 4.57. The number of nitrogens with zero attached hydrogens (tertiary/aromatic N) is 4. The highest BCUT2D eigenvalue weighted by atomic mass is 16.6. The number of piperazine rings is 1. The van der Waals surface area contributed by atoms with E-state index >= 15 is 0 Å². The number of nitro benzene ring substituents is 1. The lowest BCUT2D eigenvalue weighted by molar-refractivity contribution is -0.384. The molecule has 0 radical (unpaired) electrons. The second-order valence-corrected chi connectivity index (χ2v) is 10.9. The predicted octanol–water partition coefficient (Wildman–Crippen LogP) is 5.65. The second kappa shape index (κ2) is 12.7. The van der Waals surface area contributed by atoms with Crippen LogP contribution < -0.4 is 14.5 Å². The molecule has 0 N–H and O–H groups in total. The summed E-state index contributed by atoms with van der Waals surface area (Å²) in [4.78, 5) is 43.2. The van der Waals surface area contributed by atoms with Gasteiger partial charge in [0.1, 0.15) is 17.0 Å². The Morgan fingerprint density at radius 2 is 1.56 bits per heavy atom. The van der Waals surface area contributed by atoms with Crippen molar-refractivity contribution >= 4 is 29.1 Å². The number of hydrogen-bond acceptors (Lipinski definition) is 7. The fourth-order valence-electron chi connectivity index (χ4n) is 4.57. The van der Waals surface area contributed by atoms with E-state index in [1.54, 1.807) is 36.1 Å². The summed E-state index contributed by atoms with van der Waals surface area (Å²) in [6.07, 6.45) is -1.27. The van der Waals surface area contributed by atoms with Gasteiger partial charge in [0.2, 0.25) is 0 Å². The molecule has 1 aliphatic rings. The number of carbonyl (C=O) groups is 2. The van der Waals surface area contributed by atoms with Gasteiger partial charge in [-0.1, -0.05) is 48.5 Å². The average Bonchev–Trinajstić information content (AvgIpc) is 2.95. The van der Waals surface area contributed by atoms with Crippen molar-refractivity contribution in [1.29, 1.82) is 0 Å². The van der Waals surface area contributed by atoms with Crippen molar-refractivity contribution in [2.24, 2.45) is 0 Å². The molecule has 0 spiro atoms. The fraction of sp³-hybridized carbons (Fsp3) is 0.355. The van der Waals surface area contributed by atoms with Gasteiger partial charge < -0.3 is 19.3 Å². The van der Waals surface area contributed by atoms with Crippen LogP contribution in [0.4, 0.5) is 21.9 Å². The summed E-state index contributed by atoms with van der Waals surface area (Å²) < 4.78 is 11.4. The number of para-hydroxylation sites is 1. The second-order valence-electron chi connectivity index (χ2n) is 10.9. The first-order valence-corrected chi connectivity index (χ1v) is 13.6. The molecule has 10 heteroatoms. The summed E-state index contributed by atoms with van der Waals surface area (Å²) in [6, 6.07) is 23.1. The van der Waals surface area contributed by atoms with Gasteiger partial charge in [-0.15, -0.1) is 0 Å². The first-order valence-electron chi connectivity index (χ1n) is 13.6. The highest BCUT2D eigenvalue weighted by Crippen LogP contribution is 2.35. The summed E-state index contributed by atoms with van der Waals surface area (Å²) in [5, 5.41) is 12.1. The lowest BCUT2D eigenvalue weighted by Gasteiger charge is -2.37. The first kappa shape index (κ1) is 29.4. The van der Waals surface area contributed by atoms with Crippen LogP contribution in [-0.2, 0) is 16.1 Å². The highest BCUT2D eigenvalue weighted by Gasteiger charge is 2.31. The van der Waals surface area contributed by atoms with Crippen LogP contribution >= 0.6 is 0 Å². The molecule has 0 saturated carbocycles. The maximum Gasteiger partial charge on any atom is 0.410 e. The third-order valence-corrected chi connectivity index (χ3v) is 6.60. The largest absolute Gasteiger partial charge is 0.481 e. The molecule has 0 bridgehead atoms. The number of amides is 2. The Morgan fingerprint density at radius 1 is 0.951 bits per heavy atom. The first-order chi connectivity index (χ1) is 19.5. The standard InChI is InChI=1S/C31H36N4O6/c1-23(40-26-13-9-6-10-14-26)29(36)34(22-24-11-7-5-8-12-24)28-21-25(15-16-27(28)35(38)39)32-17-19-33(20-18-32)30(37)41-31(2,3)4/h5-16,21,23H,17-20,22H2,1-4H3. The molecule has 1 saturated heterocycles. The van der Waals surface area contributed by atoms with Crippen molar-refractivity contribution in [2.75, 3.05) is 36.0 Å². The zero-order valence-corrected chi connectivity index (χ0v) is 23.9. The SMILES string of the molecule is CC(Oc1ccccc1)C(=O)N(Cc1ccccc1)c1cc(N2CCN(C(=O)OC(C)(C)C)CC2)ccc1[N+](=O)[O-]. The van der Waals surface area contributed by atoms with Crippen LogP contribution in [0, 0.1) is 10.1 Å². The quantitative estimate of drug-likeness (QED) is 0.259. The Hall–Kier alpha value is -4.60. The van der Waals surface area contributed by atoms with Gasteiger partial charge in [0, 0.05) is 37.9 Å². The topological polar surface area (TPSA) is 105 Å². The Bertz CT molecular complexity index is 1350. The molecule has 1 heterocycles. The molecule has 10 nitrogen and oxygen atoms in total. The zero-order valence-electron chi connectivity index (χ0n) is 23.9. The number of carbonyl (C=O) groups excluding carboxylic acids is 2. The van der Waals surface area contributed by atoms with Gasteiger partial charge >= 0.3 is 6.09 Å². The van der Waals surface area contributed by atoms with E-state index in [9.17, 15) is 19.7 Å². The monoisotopic (exact) mass is 560 g/mol. The lowest BCUT2D eigenvalue weighted by atomic mass is 10.1. The molecule has 2 amide bonds. The highest BCUT2D eigenvalue weighted by molar-refractivity contribution is 5.99. The van der Waals surface area contributed by atoms with Crippen molar-refractivity contribution in [1.82, 2.24) is 4.90 Å². The maximum absolute atomic E-state index is 13.9. The summed E-state index contributed by atoms with van der Waals surface area (Å²) >= 11 is 0. The van der Waals surface area contributed by atoms with Gasteiger partial charge in [0.15, 0.2) is 6.10 Å². The molecule has 3 aromatic rings. The van der Waals surface area contributed by atoms with E-state index in [4.69, 9.17) is 9.47 Å². The Morgan fingerprint density at radius 3 is 2.15 bits per heavy atom. The van der Waals surface area contributed by atoms with E-state index in [1.807, 2.05) is 74.2 Å². The zero-order chi connectivity index (χ0) is 29.6. The molecule has 0 aromatic heterocycles. The van der Waals surface area contributed by atoms with Gasteiger partial charge in [0.25, 0.3) is 11.6 Å². The molecule has 41 heavy (non-hydrogen) atoms. The van der Waals surface area contributed by atoms with Crippen molar-refractivity contribution in [3.63, 3.8) is 0 Å². The normalized spacial score (nSPS) is 14.2. The molecular weight excluding hydrogens is 524 g/mol. The Labute approximate surface area is 240 Å². The van der Waals surface area contributed by atoms with Crippen LogP contribution in [0.3, 0.4) is 0 Å². The van der Waals surface area contributed by atoms with E-state index in [0.29, 0.717) is 31.9 Å². The average molecular weight is 561 g/mol. The van der Waals surface area contributed by atoms with Crippen molar-refractivity contribution in [3.8, 4) is 5.75 Å². The van der Waals surface area contributed by atoms with Gasteiger partial charge in [-0.3, -0.25) is 19.8 Å². The maximum atomic E-state index is 13.9.